The number of Topliss-reactive ketones (excluding diaryl/α,β-unsaturated/α-hetero) is 1. The molecule has 0 saturated carbocycles. The van der Waals surface area contributed by atoms with Crippen LogP contribution in [-0.2, 0) is 11.2 Å². The maximum absolute atomic E-state index is 11.8. The highest BCUT2D eigenvalue weighted by atomic mass is 32.1. The quantitative estimate of drug-likeness (QED) is 0.562. The monoisotopic (exact) mass is 260 g/mol. The molecule has 0 aliphatic rings. The molecular weight excluding hydrogens is 244 g/mol. The van der Waals surface area contributed by atoms with E-state index in [2.05, 4.69) is 11.4 Å². The van der Waals surface area contributed by atoms with E-state index in [1.165, 1.54) is 4.88 Å². The lowest BCUT2D eigenvalue weighted by Crippen LogP contribution is -2.06. The third kappa shape index (κ3) is 4.09. The summed E-state index contributed by atoms with van der Waals surface area (Å²) in [5.41, 5.74) is 0.763. The second-order valence-corrected chi connectivity index (χ2v) is 5.01. The predicted molar refractivity (Wildman–Crippen MR) is 74.2 cm³/mol. The van der Waals surface area contributed by atoms with Crippen LogP contribution in [0.15, 0.2) is 47.8 Å². The Morgan fingerprint density at radius 1 is 1.06 bits per heavy atom. The highest BCUT2D eigenvalue weighted by Gasteiger charge is 2.04. The molecule has 94 valence electrons. The molecule has 2 nitrogen and oxygen atoms in total. The van der Waals surface area contributed by atoms with E-state index in [0.717, 1.165) is 12.0 Å². The molecule has 2 aromatic rings. The fraction of sp³-hybridized carbons (Fsp3) is 0.267. The van der Waals surface area contributed by atoms with E-state index in [-0.39, 0.29) is 5.78 Å². The molecule has 0 radical (unpaired) electrons. The zero-order valence-electron chi connectivity index (χ0n) is 10.2. The van der Waals surface area contributed by atoms with Gasteiger partial charge in [-0.05, 0) is 11.4 Å². The fourth-order valence-electron chi connectivity index (χ4n) is 1.66. The number of ether oxygens (including phenoxy) is 1. The standard InChI is InChI=1S/C15H16O2S/c16-15(13-5-2-1-3-6-13)9-11-17-10-8-14-7-4-12-18-14/h1-7,12H,8-11H2. The largest absolute Gasteiger partial charge is 0.381 e. The average molecular weight is 260 g/mol. The van der Waals surface area contributed by atoms with Gasteiger partial charge in [0.15, 0.2) is 5.78 Å². The van der Waals surface area contributed by atoms with Gasteiger partial charge in [0.25, 0.3) is 0 Å². The highest BCUT2D eigenvalue weighted by molar-refractivity contribution is 7.09. The zero-order valence-corrected chi connectivity index (χ0v) is 11.0. The van der Waals surface area contributed by atoms with Crippen molar-refractivity contribution in [3.05, 3.63) is 58.3 Å². The summed E-state index contributed by atoms with van der Waals surface area (Å²) < 4.78 is 5.48. The summed E-state index contributed by atoms with van der Waals surface area (Å²) in [6.07, 6.45) is 1.38. The van der Waals surface area contributed by atoms with Gasteiger partial charge in [0.05, 0.1) is 13.2 Å². The normalized spacial score (nSPS) is 10.4. The lowest BCUT2D eigenvalue weighted by Gasteiger charge is -2.03. The van der Waals surface area contributed by atoms with E-state index < -0.39 is 0 Å². The van der Waals surface area contributed by atoms with E-state index >= 15 is 0 Å². The van der Waals surface area contributed by atoms with E-state index in [1.807, 2.05) is 36.4 Å². The molecule has 0 N–H and O–H groups in total. The van der Waals surface area contributed by atoms with Crippen molar-refractivity contribution < 1.29 is 9.53 Å². The zero-order chi connectivity index (χ0) is 12.6. The van der Waals surface area contributed by atoms with Gasteiger partial charge in [-0.3, -0.25) is 4.79 Å². The molecule has 0 bridgehead atoms. The molecule has 0 spiro atoms. The van der Waals surface area contributed by atoms with Crippen LogP contribution < -0.4 is 0 Å². The summed E-state index contributed by atoms with van der Waals surface area (Å²) in [7, 11) is 0. The van der Waals surface area contributed by atoms with Gasteiger partial charge in [-0.25, -0.2) is 0 Å². The number of hydrogen-bond acceptors (Lipinski definition) is 3. The molecule has 2 rings (SSSR count). The van der Waals surface area contributed by atoms with E-state index in [1.54, 1.807) is 11.3 Å². The number of rotatable bonds is 7. The molecule has 1 heterocycles. The Hall–Kier alpha value is -1.45. The van der Waals surface area contributed by atoms with Gasteiger partial charge in [0, 0.05) is 23.3 Å². The molecule has 0 aliphatic heterocycles. The van der Waals surface area contributed by atoms with E-state index in [4.69, 9.17) is 4.74 Å². The minimum Gasteiger partial charge on any atom is -0.381 e. The molecule has 0 atom stereocenters. The summed E-state index contributed by atoms with van der Waals surface area (Å²) in [5, 5.41) is 2.06. The van der Waals surface area contributed by atoms with Crippen LogP contribution >= 0.6 is 11.3 Å². The maximum Gasteiger partial charge on any atom is 0.165 e. The number of hydrogen-bond donors (Lipinski definition) is 0. The van der Waals surface area contributed by atoms with Gasteiger partial charge in [-0.15, -0.1) is 11.3 Å². The number of ketones is 1. The first-order valence-corrected chi connectivity index (χ1v) is 6.92. The van der Waals surface area contributed by atoms with Gasteiger partial charge in [0.2, 0.25) is 0 Å². The Morgan fingerprint density at radius 3 is 2.61 bits per heavy atom. The molecule has 1 aromatic carbocycles. The first kappa shape index (κ1) is 13.0. The summed E-state index contributed by atoms with van der Waals surface area (Å²) >= 11 is 1.74. The summed E-state index contributed by atoms with van der Waals surface area (Å²) in [4.78, 5) is 13.1. The summed E-state index contributed by atoms with van der Waals surface area (Å²) in [6, 6.07) is 13.5. The first-order chi connectivity index (χ1) is 8.86. The SMILES string of the molecule is O=C(CCOCCc1cccs1)c1ccccc1. The molecule has 0 unspecified atom stereocenters. The topological polar surface area (TPSA) is 26.3 Å². The van der Waals surface area contributed by atoms with Crippen molar-refractivity contribution in [1.82, 2.24) is 0 Å². The summed E-state index contributed by atoms with van der Waals surface area (Å²) in [6.45, 7) is 1.18. The van der Waals surface area contributed by atoms with Crippen molar-refractivity contribution in [2.24, 2.45) is 0 Å². The second-order valence-electron chi connectivity index (χ2n) is 3.98. The van der Waals surface area contributed by atoms with Gasteiger partial charge >= 0.3 is 0 Å². The Morgan fingerprint density at radius 2 is 1.89 bits per heavy atom. The Kier molecular flexibility index (Phi) is 5.12. The molecule has 3 heteroatoms. The van der Waals surface area contributed by atoms with E-state index in [9.17, 15) is 4.79 Å². The van der Waals surface area contributed by atoms with Crippen LogP contribution in [0, 0.1) is 0 Å². The Bertz CT molecular complexity index is 463. The Balaban J connectivity index is 1.62. The van der Waals surface area contributed by atoms with Crippen molar-refractivity contribution in [3.63, 3.8) is 0 Å². The minimum absolute atomic E-state index is 0.145. The van der Waals surface area contributed by atoms with Gasteiger partial charge < -0.3 is 4.74 Å². The minimum atomic E-state index is 0.145. The van der Waals surface area contributed by atoms with Crippen molar-refractivity contribution in [1.29, 1.82) is 0 Å². The highest BCUT2D eigenvalue weighted by Crippen LogP contribution is 2.09. The average Bonchev–Trinajstić information content (AvgIpc) is 2.92. The molecule has 18 heavy (non-hydrogen) atoms. The van der Waals surface area contributed by atoms with Crippen molar-refractivity contribution in [3.8, 4) is 0 Å². The first-order valence-electron chi connectivity index (χ1n) is 6.04. The smallest absolute Gasteiger partial charge is 0.165 e. The van der Waals surface area contributed by atoms with Gasteiger partial charge in [-0.1, -0.05) is 36.4 Å². The molecule has 0 fully saturated rings. The van der Waals surface area contributed by atoms with Gasteiger partial charge in [0.1, 0.15) is 0 Å². The van der Waals surface area contributed by atoms with Crippen LogP contribution in [0.5, 0.6) is 0 Å². The molecular formula is C15H16O2S. The molecule has 1 aromatic heterocycles. The fourth-order valence-corrected chi connectivity index (χ4v) is 2.35. The van der Waals surface area contributed by atoms with Crippen molar-refractivity contribution >= 4 is 17.1 Å². The molecule has 0 aliphatic carbocycles. The Labute approximate surface area is 111 Å². The van der Waals surface area contributed by atoms with Crippen molar-refractivity contribution in [2.75, 3.05) is 13.2 Å². The maximum atomic E-state index is 11.8. The number of benzene rings is 1. The molecule has 0 amide bonds. The lowest BCUT2D eigenvalue weighted by atomic mass is 10.1. The second kappa shape index (κ2) is 7.09. The van der Waals surface area contributed by atoms with Crippen LogP contribution in [0.3, 0.4) is 0 Å². The van der Waals surface area contributed by atoms with Crippen LogP contribution in [0.1, 0.15) is 21.7 Å². The van der Waals surface area contributed by atoms with Crippen LogP contribution in [0.25, 0.3) is 0 Å². The number of carbonyl (C=O) groups excluding carboxylic acids is 1. The predicted octanol–water partition coefficient (Wildman–Crippen LogP) is 3.58. The third-order valence-corrected chi connectivity index (χ3v) is 3.58. The number of carbonyl (C=O) groups is 1. The van der Waals surface area contributed by atoms with Gasteiger partial charge in [-0.2, -0.15) is 0 Å². The van der Waals surface area contributed by atoms with Crippen LogP contribution in [0.2, 0.25) is 0 Å². The third-order valence-electron chi connectivity index (χ3n) is 2.64. The number of thiophene rings is 1. The molecule has 0 saturated heterocycles. The lowest BCUT2D eigenvalue weighted by molar-refractivity contribution is 0.0883. The van der Waals surface area contributed by atoms with Crippen LogP contribution in [-0.4, -0.2) is 19.0 Å². The van der Waals surface area contributed by atoms with Crippen molar-refractivity contribution in [2.45, 2.75) is 12.8 Å². The van der Waals surface area contributed by atoms with Crippen LogP contribution in [0.4, 0.5) is 0 Å². The van der Waals surface area contributed by atoms with E-state index in [0.29, 0.717) is 19.6 Å². The summed E-state index contributed by atoms with van der Waals surface area (Å²) in [5.74, 6) is 0.145.